The van der Waals surface area contributed by atoms with Crippen molar-refractivity contribution >= 4 is 78.9 Å². The minimum absolute atomic E-state index is 0.225. The van der Waals surface area contributed by atoms with E-state index in [4.69, 9.17) is 23.2 Å². The Morgan fingerprint density at radius 2 is 2.00 bits per heavy atom. The summed E-state index contributed by atoms with van der Waals surface area (Å²) in [5.74, 6) is 0.674. The van der Waals surface area contributed by atoms with Gasteiger partial charge in [0, 0.05) is 8.45 Å². The first kappa shape index (κ1) is 14.3. The molecular weight excluding hydrogens is 428 g/mol. The number of nitrogens with zero attached hydrogens (tertiary/aromatic N) is 2. The summed E-state index contributed by atoms with van der Waals surface area (Å²) in [7, 11) is 0. The Labute approximate surface area is 143 Å². The fraction of sp³-hybridized carbons (Fsp3) is 0.0769. The molecule has 2 aromatic heterocycles. The summed E-state index contributed by atoms with van der Waals surface area (Å²) in [5.41, 5.74) is 0.798. The van der Waals surface area contributed by atoms with Crippen LogP contribution >= 0.6 is 57.1 Å². The second kappa shape index (κ2) is 5.63. The lowest BCUT2D eigenvalue weighted by Crippen LogP contribution is -1.96. The Hall–Kier alpha value is -0.630. The Balaban J connectivity index is 2.10. The van der Waals surface area contributed by atoms with E-state index < -0.39 is 0 Å². The lowest BCUT2D eigenvalue weighted by Gasteiger charge is -2.09. The second-order valence-corrected chi connectivity index (χ2v) is 7.39. The molecule has 0 saturated carbocycles. The zero-order valence-corrected chi connectivity index (χ0v) is 14.7. The van der Waals surface area contributed by atoms with Crippen LogP contribution in [0, 0.1) is 10.5 Å². The number of thiophene rings is 1. The first-order valence-electron chi connectivity index (χ1n) is 5.69. The zero-order valence-electron chi connectivity index (χ0n) is 10.2. The molecular formula is C13H8Cl2IN3S. The van der Waals surface area contributed by atoms with Crippen LogP contribution in [-0.2, 0) is 0 Å². The third-order valence-corrected chi connectivity index (χ3v) is 4.77. The number of benzene rings is 1. The van der Waals surface area contributed by atoms with E-state index in [1.807, 2.05) is 31.2 Å². The van der Waals surface area contributed by atoms with Gasteiger partial charge in [0.05, 0.1) is 16.1 Å². The maximum absolute atomic E-state index is 6.23. The van der Waals surface area contributed by atoms with E-state index in [1.165, 1.54) is 0 Å². The Kier molecular flexibility index (Phi) is 4.03. The molecule has 0 radical (unpaired) electrons. The van der Waals surface area contributed by atoms with Gasteiger partial charge in [-0.1, -0.05) is 11.6 Å². The normalized spacial score (nSPS) is 11.0. The van der Waals surface area contributed by atoms with Crippen molar-refractivity contribution < 1.29 is 0 Å². The Morgan fingerprint density at radius 3 is 2.75 bits per heavy atom. The number of nitrogens with one attached hydrogen (secondary N) is 1. The van der Waals surface area contributed by atoms with E-state index in [1.54, 1.807) is 11.3 Å². The average molecular weight is 436 g/mol. The molecule has 2 heterocycles. The molecule has 3 aromatic rings. The lowest BCUT2D eigenvalue weighted by molar-refractivity contribution is 1.23. The summed E-state index contributed by atoms with van der Waals surface area (Å²) in [6.07, 6.45) is 0. The largest absolute Gasteiger partial charge is 0.338 e. The van der Waals surface area contributed by atoms with E-state index in [0.717, 1.165) is 24.4 Å². The van der Waals surface area contributed by atoms with Crippen LogP contribution in [0.1, 0.15) is 4.88 Å². The minimum atomic E-state index is 0.225. The van der Waals surface area contributed by atoms with Crippen molar-refractivity contribution in [1.29, 1.82) is 0 Å². The van der Waals surface area contributed by atoms with Gasteiger partial charge in [-0.15, -0.1) is 11.3 Å². The van der Waals surface area contributed by atoms with Crippen molar-refractivity contribution in [3.8, 4) is 0 Å². The number of aromatic nitrogens is 2. The molecule has 7 heteroatoms. The predicted octanol–water partition coefficient (Wildman–Crippen LogP) is 5.65. The van der Waals surface area contributed by atoms with Gasteiger partial charge in [0.25, 0.3) is 0 Å². The van der Waals surface area contributed by atoms with Crippen LogP contribution in [0.25, 0.3) is 10.2 Å². The predicted molar refractivity (Wildman–Crippen MR) is 94.6 cm³/mol. The number of hydrogen-bond acceptors (Lipinski definition) is 4. The van der Waals surface area contributed by atoms with Gasteiger partial charge in [0.15, 0.2) is 0 Å². The molecule has 20 heavy (non-hydrogen) atoms. The molecule has 0 unspecified atom stereocenters. The standard InChI is InChI=1S/C13H8Cl2IN3S/c1-6-4-8-11(18-13(15)19-12(8)20-6)17-10-3-2-7(16)5-9(10)14/h2-5H,1H3,(H,17,18,19). The van der Waals surface area contributed by atoms with Gasteiger partial charge >= 0.3 is 0 Å². The van der Waals surface area contributed by atoms with Crippen LogP contribution in [0.15, 0.2) is 24.3 Å². The first-order valence-corrected chi connectivity index (χ1v) is 8.34. The van der Waals surface area contributed by atoms with Gasteiger partial charge in [-0.05, 0) is 65.4 Å². The summed E-state index contributed by atoms with van der Waals surface area (Å²) < 4.78 is 1.08. The van der Waals surface area contributed by atoms with Gasteiger partial charge < -0.3 is 5.32 Å². The van der Waals surface area contributed by atoms with E-state index in [9.17, 15) is 0 Å². The molecule has 0 bridgehead atoms. The van der Waals surface area contributed by atoms with Gasteiger partial charge in [-0.25, -0.2) is 4.98 Å². The summed E-state index contributed by atoms with van der Waals surface area (Å²) in [4.78, 5) is 10.5. The number of rotatable bonds is 2. The SMILES string of the molecule is Cc1cc2c(Nc3ccc(I)cc3Cl)nc(Cl)nc2s1. The van der Waals surface area contributed by atoms with E-state index in [2.05, 4.69) is 37.9 Å². The van der Waals surface area contributed by atoms with Crippen LogP contribution in [0.2, 0.25) is 10.3 Å². The van der Waals surface area contributed by atoms with Crippen molar-refractivity contribution in [2.24, 2.45) is 0 Å². The molecule has 0 atom stereocenters. The second-order valence-electron chi connectivity index (χ2n) is 4.17. The average Bonchev–Trinajstić information content (AvgIpc) is 2.73. The third kappa shape index (κ3) is 2.86. The molecule has 3 rings (SSSR count). The van der Waals surface area contributed by atoms with Crippen LogP contribution in [-0.4, -0.2) is 9.97 Å². The van der Waals surface area contributed by atoms with Gasteiger partial charge in [0.2, 0.25) is 5.28 Å². The number of aryl methyl sites for hydroxylation is 1. The highest BCUT2D eigenvalue weighted by Gasteiger charge is 2.11. The van der Waals surface area contributed by atoms with Crippen molar-refractivity contribution in [3.05, 3.63) is 43.0 Å². The van der Waals surface area contributed by atoms with Crippen LogP contribution in [0.3, 0.4) is 0 Å². The fourth-order valence-corrected chi connectivity index (χ4v) is 3.83. The lowest BCUT2D eigenvalue weighted by atomic mass is 10.3. The molecule has 0 aliphatic rings. The molecule has 0 aliphatic carbocycles. The van der Waals surface area contributed by atoms with Gasteiger partial charge in [-0.2, -0.15) is 4.98 Å². The molecule has 0 spiro atoms. The van der Waals surface area contributed by atoms with E-state index >= 15 is 0 Å². The van der Waals surface area contributed by atoms with Crippen molar-refractivity contribution in [2.45, 2.75) is 6.92 Å². The molecule has 102 valence electrons. The summed E-state index contributed by atoms with van der Waals surface area (Å²) in [5, 5.41) is 5.05. The number of anilines is 2. The molecule has 0 fully saturated rings. The molecule has 1 N–H and O–H groups in total. The molecule has 0 aliphatic heterocycles. The maximum atomic E-state index is 6.23. The van der Waals surface area contributed by atoms with E-state index in [-0.39, 0.29) is 5.28 Å². The highest BCUT2D eigenvalue weighted by atomic mass is 127. The Bertz CT molecular complexity index is 804. The van der Waals surface area contributed by atoms with Crippen LogP contribution in [0.4, 0.5) is 11.5 Å². The highest BCUT2D eigenvalue weighted by Crippen LogP contribution is 2.33. The molecule has 3 nitrogen and oxygen atoms in total. The quantitative estimate of drug-likeness (QED) is 0.417. The smallest absolute Gasteiger partial charge is 0.225 e. The van der Waals surface area contributed by atoms with Crippen LogP contribution < -0.4 is 5.32 Å². The third-order valence-electron chi connectivity index (χ3n) is 2.67. The topological polar surface area (TPSA) is 37.8 Å². The van der Waals surface area contributed by atoms with Gasteiger partial charge in [-0.3, -0.25) is 0 Å². The number of fused-ring (bicyclic) bond motifs is 1. The first-order chi connectivity index (χ1) is 9.52. The van der Waals surface area contributed by atoms with Crippen molar-refractivity contribution in [1.82, 2.24) is 9.97 Å². The van der Waals surface area contributed by atoms with E-state index in [0.29, 0.717) is 10.8 Å². The van der Waals surface area contributed by atoms with Crippen molar-refractivity contribution in [2.75, 3.05) is 5.32 Å². The van der Waals surface area contributed by atoms with Crippen LogP contribution in [0.5, 0.6) is 0 Å². The summed E-state index contributed by atoms with van der Waals surface area (Å²) in [6.45, 7) is 2.03. The molecule has 0 saturated heterocycles. The van der Waals surface area contributed by atoms with Crippen molar-refractivity contribution in [3.63, 3.8) is 0 Å². The zero-order chi connectivity index (χ0) is 14.3. The number of hydrogen-bond donors (Lipinski definition) is 1. The Morgan fingerprint density at radius 1 is 1.20 bits per heavy atom. The van der Waals surface area contributed by atoms with Gasteiger partial charge in [0.1, 0.15) is 10.6 Å². The fourth-order valence-electron chi connectivity index (χ4n) is 1.83. The minimum Gasteiger partial charge on any atom is -0.338 e. The summed E-state index contributed by atoms with van der Waals surface area (Å²) >= 11 is 16.0. The highest BCUT2D eigenvalue weighted by molar-refractivity contribution is 14.1. The molecule has 1 aromatic carbocycles. The molecule has 0 amide bonds. The number of halogens is 3. The maximum Gasteiger partial charge on any atom is 0.225 e. The summed E-state index contributed by atoms with van der Waals surface area (Å²) in [6, 6.07) is 7.83. The monoisotopic (exact) mass is 435 g/mol.